The molecule has 0 bridgehead atoms. The molecule has 120 valence electrons. The lowest BCUT2D eigenvalue weighted by Gasteiger charge is -2.22. The van der Waals surface area contributed by atoms with Crippen molar-refractivity contribution in [1.29, 1.82) is 0 Å². The molecule has 1 aliphatic rings. The minimum atomic E-state index is -0.242. The molecule has 0 aliphatic carbocycles. The van der Waals surface area contributed by atoms with E-state index in [1.54, 1.807) is 35.6 Å². The highest BCUT2D eigenvalue weighted by molar-refractivity contribution is 7.16. The second-order valence-corrected chi connectivity index (χ2v) is 6.58. The largest absolute Gasteiger partial charge is 0.379 e. The van der Waals surface area contributed by atoms with Crippen LogP contribution in [0.25, 0.3) is 16.5 Å². The molecule has 1 saturated heterocycles. The third kappa shape index (κ3) is 4.50. The van der Waals surface area contributed by atoms with Crippen LogP contribution in [-0.4, -0.2) is 25.2 Å². The van der Waals surface area contributed by atoms with Crippen LogP contribution in [0.3, 0.4) is 0 Å². The zero-order valence-electron chi connectivity index (χ0n) is 12.6. The first-order valence-corrected chi connectivity index (χ1v) is 8.44. The van der Waals surface area contributed by atoms with Gasteiger partial charge in [-0.05, 0) is 48.7 Å². The predicted octanol–water partition coefficient (Wildman–Crippen LogP) is 3.86. The summed E-state index contributed by atoms with van der Waals surface area (Å²) in [4.78, 5) is 13.9. The Hall–Kier alpha value is -1.98. The van der Waals surface area contributed by atoms with Gasteiger partial charge in [0, 0.05) is 22.4 Å². The monoisotopic (exact) mass is 331 g/mol. The molecule has 0 spiro atoms. The van der Waals surface area contributed by atoms with Gasteiger partial charge in [-0.15, -0.1) is 11.3 Å². The van der Waals surface area contributed by atoms with E-state index in [4.69, 9.17) is 4.74 Å². The van der Waals surface area contributed by atoms with Crippen LogP contribution in [0.4, 0.5) is 4.39 Å². The zero-order valence-corrected chi connectivity index (χ0v) is 13.4. The number of carbonyl (C=O) groups is 1. The van der Waals surface area contributed by atoms with Gasteiger partial charge in [0.2, 0.25) is 5.91 Å². The second-order valence-electron chi connectivity index (χ2n) is 5.46. The Labute approximate surface area is 138 Å². The number of thiophene rings is 1. The summed E-state index contributed by atoms with van der Waals surface area (Å²) >= 11 is 1.57. The quantitative estimate of drug-likeness (QED) is 0.864. The van der Waals surface area contributed by atoms with E-state index in [1.807, 2.05) is 12.1 Å². The number of ether oxygens (including phenoxy) is 1. The van der Waals surface area contributed by atoms with E-state index in [2.05, 4.69) is 5.32 Å². The number of hydrogen-bond donors (Lipinski definition) is 1. The maximum Gasteiger partial charge on any atom is 0.244 e. The highest BCUT2D eigenvalue weighted by atomic mass is 32.1. The van der Waals surface area contributed by atoms with Gasteiger partial charge < -0.3 is 10.1 Å². The second kappa shape index (κ2) is 7.53. The molecule has 1 aromatic heterocycles. The Kier molecular flexibility index (Phi) is 5.20. The van der Waals surface area contributed by atoms with Crippen molar-refractivity contribution >= 4 is 23.3 Å². The number of nitrogens with one attached hydrogen (secondary N) is 1. The highest BCUT2D eigenvalue weighted by Crippen LogP contribution is 2.28. The fourth-order valence-electron chi connectivity index (χ4n) is 2.47. The molecule has 2 aromatic rings. The smallest absolute Gasteiger partial charge is 0.244 e. The van der Waals surface area contributed by atoms with E-state index in [1.165, 1.54) is 12.1 Å². The number of amides is 1. The van der Waals surface area contributed by atoms with Gasteiger partial charge in [0.15, 0.2) is 0 Å². The maximum atomic E-state index is 12.9. The van der Waals surface area contributed by atoms with Gasteiger partial charge in [-0.25, -0.2) is 4.39 Å². The SMILES string of the molecule is O=C(/C=C/c1ccc(-c2ccc(F)cc2)s1)NC1CCCOC1. The lowest BCUT2D eigenvalue weighted by Crippen LogP contribution is -2.39. The standard InChI is InChI=1S/C18H18FNO2S/c19-14-5-3-13(4-6-14)17-9-7-16(23-17)8-10-18(21)20-15-2-1-11-22-12-15/h3-10,15H,1-2,11-12H2,(H,20,21)/b10-8+. The first-order chi connectivity index (χ1) is 11.2. The molecule has 1 fully saturated rings. The molecule has 23 heavy (non-hydrogen) atoms. The fourth-order valence-corrected chi connectivity index (χ4v) is 3.39. The van der Waals surface area contributed by atoms with Crippen molar-refractivity contribution in [1.82, 2.24) is 5.32 Å². The Bertz CT molecular complexity index is 687. The van der Waals surface area contributed by atoms with Crippen LogP contribution >= 0.6 is 11.3 Å². The summed E-state index contributed by atoms with van der Waals surface area (Å²) in [5, 5.41) is 2.95. The normalized spacial score (nSPS) is 18.2. The van der Waals surface area contributed by atoms with E-state index < -0.39 is 0 Å². The van der Waals surface area contributed by atoms with Crippen LogP contribution in [0, 0.1) is 5.82 Å². The summed E-state index contributed by atoms with van der Waals surface area (Å²) in [7, 11) is 0. The molecule has 5 heteroatoms. The number of halogens is 1. The molecule has 2 heterocycles. The summed E-state index contributed by atoms with van der Waals surface area (Å²) in [6.07, 6.45) is 5.31. The van der Waals surface area contributed by atoms with Crippen molar-refractivity contribution in [2.75, 3.05) is 13.2 Å². The third-order valence-corrected chi connectivity index (χ3v) is 4.76. The maximum absolute atomic E-state index is 12.9. The van der Waals surface area contributed by atoms with E-state index in [0.717, 1.165) is 34.8 Å². The Morgan fingerprint density at radius 1 is 1.26 bits per heavy atom. The number of hydrogen-bond acceptors (Lipinski definition) is 3. The van der Waals surface area contributed by atoms with Gasteiger partial charge >= 0.3 is 0 Å². The van der Waals surface area contributed by atoms with Crippen LogP contribution in [0.15, 0.2) is 42.5 Å². The lowest BCUT2D eigenvalue weighted by atomic mass is 10.1. The molecule has 3 nitrogen and oxygen atoms in total. The van der Waals surface area contributed by atoms with Crippen molar-refractivity contribution in [2.45, 2.75) is 18.9 Å². The van der Waals surface area contributed by atoms with Crippen molar-refractivity contribution in [3.05, 3.63) is 53.2 Å². The van der Waals surface area contributed by atoms with Crippen molar-refractivity contribution in [2.24, 2.45) is 0 Å². The van der Waals surface area contributed by atoms with E-state index >= 15 is 0 Å². The molecule has 1 aliphatic heterocycles. The average Bonchev–Trinajstić information content (AvgIpc) is 3.04. The van der Waals surface area contributed by atoms with Crippen LogP contribution in [0.2, 0.25) is 0 Å². The summed E-state index contributed by atoms with van der Waals surface area (Å²) in [6.45, 7) is 1.37. The molecule has 0 saturated carbocycles. The minimum absolute atomic E-state index is 0.0998. The fraction of sp³-hybridized carbons (Fsp3) is 0.278. The van der Waals surface area contributed by atoms with Crippen LogP contribution in [0.1, 0.15) is 17.7 Å². The minimum Gasteiger partial charge on any atom is -0.379 e. The lowest BCUT2D eigenvalue weighted by molar-refractivity contribution is -0.118. The summed E-state index contributed by atoms with van der Waals surface area (Å²) < 4.78 is 18.3. The summed E-state index contributed by atoms with van der Waals surface area (Å²) in [5.74, 6) is -0.342. The van der Waals surface area contributed by atoms with Gasteiger partial charge in [-0.2, -0.15) is 0 Å². The van der Waals surface area contributed by atoms with Gasteiger partial charge in [-0.1, -0.05) is 12.1 Å². The van der Waals surface area contributed by atoms with Gasteiger partial charge in [0.25, 0.3) is 0 Å². The predicted molar refractivity (Wildman–Crippen MR) is 90.7 cm³/mol. The molecule has 1 unspecified atom stereocenters. The topological polar surface area (TPSA) is 38.3 Å². The first kappa shape index (κ1) is 15.9. The first-order valence-electron chi connectivity index (χ1n) is 7.63. The molecule has 0 radical (unpaired) electrons. The number of carbonyl (C=O) groups excluding carboxylic acids is 1. The number of benzene rings is 1. The van der Waals surface area contributed by atoms with Crippen LogP contribution < -0.4 is 5.32 Å². The van der Waals surface area contributed by atoms with Crippen molar-refractivity contribution in [3.8, 4) is 10.4 Å². The molecule has 1 aromatic carbocycles. The van der Waals surface area contributed by atoms with Gasteiger partial charge in [-0.3, -0.25) is 4.79 Å². The van der Waals surface area contributed by atoms with Crippen molar-refractivity contribution < 1.29 is 13.9 Å². The van der Waals surface area contributed by atoms with Crippen LogP contribution in [-0.2, 0) is 9.53 Å². The molecular weight excluding hydrogens is 313 g/mol. The molecule has 1 amide bonds. The Balaban J connectivity index is 1.59. The average molecular weight is 331 g/mol. The van der Waals surface area contributed by atoms with Gasteiger partial charge in [0.05, 0.1) is 12.6 Å². The molecule has 1 atom stereocenters. The van der Waals surface area contributed by atoms with Crippen LogP contribution in [0.5, 0.6) is 0 Å². The van der Waals surface area contributed by atoms with E-state index in [0.29, 0.717) is 6.61 Å². The Morgan fingerprint density at radius 2 is 2.09 bits per heavy atom. The number of rotatable bonds is 4. The summed E-state index contributed by atoms with van der Waals surface area (Å²) in [5.41, 5.74) is 0.972. The molecular formula is C18H18FNO2S. The van der Waals surface area contributed by atoms with E-state index in [-0.39, 0.29) is 17.8 Å². The van der Waals surface area contributed by atoms with Crippen molar-refractivity contribution in [3.63, 3.8) is 0 Å². The van der Waals surface area contributed by atoms with Gasteiger partial charge in [0.1, 0.15) is 5.82 Å². The Morgan fingerprint density at radius 3 is 2.83 bits per heavy atom. The van der Waals surface area contributed by atoms with E-state index in [9.17, 15) is 9.18 Å². The highest BCUT2D eigenvalue weighted by Gasteiger charge is 2.14. The zero-order chi connectivity index (χ0) is 16.1. The molecule has 3 rings (SSSR count). The summed E-state index contributed by atoms with van der Waals surface area (Å²) in [6, 6.07) is 10.4. The molecule has 1 N–H and O–H groups in total. The third-order valence-electron chi connectivity index (χ3n) is 3.66.